The third-order valence-electron chi connectivity index (χ3n) is 5.08. The van der Waals surface area contributed by atoms with E-state index in [1.54, 1.807) is 7.05 Å². The number of urea groups is 1. The van der Waals surface area contributed by atoms with Crippen molar-refractivity contribution in [3.63, 3.8) is 0 Å². The zero-order chi connectivity index (χ0) is 21.8. The number of benzene rings is 2. The normalized spacial score (nSPS) is 13.4. The molecular formula is C23H29N3O4. The topological polar surface area (TPSA) is 79.9 Å². The van der Waals surface area contributed by atoms with Crippen molar-refractivity contribution in [2.75, 3.05) is 32.1 Å². The number of carbonyl (C=O) groups excluding carboxylic acids is 2. The summed E-state index contributed by atoms with van der Waals surface area (Å²) in [6.07, 6.45) is 0. The summed E-state index contributed by atoms with van der Waals surface area (Å²) in [7, 11) is 1.60. The Morgan fingerprint density at radius 3 is 2.33 bits per heavy atom. The summed E-state index contributed by atoms with van der Waals surface area (Å²) in [5.74, 6) is 1.14. The number of rotatable bonds is 5. The summed E-state index contributed by atoms with van der Waals surface area (Å²) in [6.45, 7) is 8.82. The van der Waals surface area contributed by atoms with Crippen molar-refractivity contribution in [1.82, 2.24) is 10.2 Å². The van der Waals surface area contributed by atoms with Gasteiger partial charge < -0.3 is 25.0 Å². The van der Waals surface area contributed by atoms with Crippen molar-refractivity contribution in [3.8, 4) is 11.5 Å². The summed E-state index contributed by atoms with van der Waals surface area (Å²) in [4.78, 5) is 26.4. The second-order valence-corrected chi connectivity index (χ2v) is 7.75. The third-order valence-corrected chi connectivity index (χ3v) is 5.08. The van der Waals surface area contributed by atoms with Crippen molar-refractivity contribution < 1.29 is 19.1 Å². The fraction of sp³-hybridized carbons (Fsp3) is 0.391. The lowest BCUT2D eigenvalue weighted by Gasteiger charge is -2.23. The number of nitrogens with zero attached hydrogens (tertiary/aromatic N) is 1. The van der Waals surface area contributed by atoms with Crippen LogP contribution in [-0.2, 0) is 4.79 Å². The Balaban J connectivity index is 1.57. The van der Waals surface area contributed by atoms with Crippen LogP contribution in [0.4, 0.5) is 10.5 Å². The van der Waals surface area contributed by atoms with E-state index >= 15 is 0 Å². The van der Waals surface area contributed by atoms with Gasteiger partial charge in [-0.05, 0) is 56.5 Å². The largest absolute Gasteiger partial charge is 0.486 e. The summed E-state index contributed by atoms with van der Waals surface area (Å²) in [5, 5.41) is 5.83. The quantitative estimate of drug-likeness (QED) is 0.786. The van der Waals surface area contributed by atoms with Crippen LogP contribution in [0, 0.1) is 20.8 Å². The summed E-state index contributed by atoms with van der Waals surface area (Å²) >= 11 is 0. The summed E-state index contributed by atoms with van der Waals surface area (Å²) in [5.41, 5.74) is 4.84. The molecule has 2 aromatic rings. The van der Waals surface area contributed by atoms with Crippen LogP contribution < -0.4 is 20.1 Å². The van der Waals surface area contributed by atoms with E-state index in [-0.39, 0.29) is 24.5 Å². The van der Waals surface area contributed by atoms with Crippen molar-refractivity contribution in [2.45, 2.75) is 33.7 Å². The molecule has 0 unspecified atom stereocenters. The number of aryl methyl sites for hydroxylation is 3. The molecule has 7 heteroatoms. The van der Waals surface area contributed by atoms with Gasteiger partial charge in [-0.2, -0.15) is 0 Å². The average Bonchev–Trinajstić information content (AvgIpc) is 2.70. The fourth-order valence-corrected chi connectivity index (χ4v) is 3.55. The van der Waals surface area contributed by atoms with E-state index in [0.29, 0.717) is 24.7 Å². The highest BCUT2D eigenvalue weighted by Gasteiger charge is 2.19. The molecule has 0 aliphatic carbocycles. The predicted molar refractivity (Wildman–Crippen MR) is 116 cm³/mol. The molecule has 1 aliphatic rings. The SMILES string of the molecule is Cc1cc(C)c(NC(=O)CN(C)C(=O)N[C@H](C)c2ccc3c(c2)OCCO3)c(C)c1. The maximum Gasteiger partial charge on any atom is 0.318 e. The first-order valence-electron chi connectivity index (χ1n) is 10.0. The molecule has 2 aromatic carbocycles. The van der Waals surface area contributed by atoms with E-state index in [1.807, 2.05) is 58.0 Å². The molecule has 3 rings (SSSR count). The Morgan fingerprint density at radius 1 is 1.03 bits per heavy atom. The van der Waals surface area contributed by atoms with Crippen molar-refractivity contribution in [1.29, 1.82) is 0 Å². The van der Waals surface area contributed by atoms with Crippen LogP contribution in [0.5, 0.6) is 11.5 Å². The smallest absolute Gasteiger partial charge is 0.318 e. The maximum atomic E-state index is 12.6. The monoisotopic (exact) mass is 411 g/mol. The van der Waals surface area contributed by atoms with Gasteiger partial charge in [-0.15, -0.1) is 0 Å². The Bertz CT molecular complexity index is 934. The standard InChI is InChI=1S/C23H29N3O4/c1-14-10-15(2)22(16(3)11-14)25-21(27)13-26(5)23(28)24-17(4)18-6-7-19-20(12-18)30-9-8-29-19/h6-7,10-12,17H,8-9,13H2,1-5H3,(H,24,28)(H,25,27)/t17-/m1/s1. The highest BCUT2D eigenvalue weighted by molar-refractivity contribution is 5.95. The minimum absolute atomic E-state index is 0.0492. The minimum Gasteiger partial charge on any atom is -0.486 e. The Morgan fingerprint density at radius 2 is 1.67 bits per heavy atom. The minimum atomic E-state index is -0.329. The van der Waals surface area contributed by atoms with Gasteiger partial charge in [0.05, 0.1) is 6.04 Å². The fourth-order valence-electron chi connectivity index (χ4n) is 3.55. The first-order chi connectivity index (χ1) is 14.2. The molecule has 30 heavy (non-hydrogen) atoms. The highest BCUT2D eigenvalue weighted by atomic mass is 16.6. The zero-order valence-corrected chi connectivity index (χ0v) is 18.2. The lowest BCUT2D eigenvalue weighted by molar-refractivity contribution is -0.116. The van der Waals surface area contributed by atoms with Gasteiger partial charge in [0.2, 0.25) is 5.91 Å². The van der Waals surface area contributed by atoms with Crippen molar-refractivity contribution in [2.24, 2.45) is 0 Å². The van der Waals surface area contributed by atoms with E-state index < -0.39 is 0 Å². The van der Waals surface area contributed by atoms with Gasteiger partial charge in [-0.25, -0.2) is 4.79 Å². The van der Waals surface area contributed by atoms with Gasteiger partial charge in [-0.1, -0.05) is 23.8 Å². The molecule has 1 atom stereocenters. The molecule has 3 amide bonds. The molecule has 0 aromatic heterocycles. The van der Waals surface area contributed by atoms with E-state index in [0.717, 1.165) is 27.9 Å². The number of hydrogen-bond donors (Lipinski definition) is 2. The van der Waals surface area contributed by atoms with Crippen LogP contribution >= 0.6 is 0 Å². The van der Waals surface area contributed by atoms with Gasteiger partial charge in [0, 0.05) is 12.7 Å². The van der Waals surface area contributed by atoms with E-state index in [1.165, 1.54) is 4.90 Å². The summed E-state index contributed by atoms with van der Waals surface area (Å²) in [6, 6.07) is 9.08. The van der Waals surface area contributed by atoms with Crippen LogP contribution in [-0.4, -0.2) is 43.6 Å². The number of carbonyl (C=O) groups is 2. The van der Waals surface area contributed by atoms with Gasteiger partial charge in [0.25, 0.3) is 0 Å². The Kier molecular flexibility index (Phi) is 6.50. The van der Waals surface area contributed by atoms with Crippen molar-refractivity contribution in [3.05, 3.63) is 52.6 Å². The Hall–Kier alpha value is -3.22. The van der Waals surface area contributed by atoms with Crippen LogP contribution in [0.3, 0.4) is 0 Å². The molecule has 2 N–H and O–H groups in total. The number of anilines is 1. The molecule has 0 radical (unpaired) electrons. The van der Waals surface area contributed by atoms with Gasteiger partial charge in [-0.3, -0.25) is 4.79 Å². The van der Waals surface area contributed by atoms with Gasteiger partial charge in [0.1, 0.15) is 19.8 Å². The molecule has 0 saturated heterocycles. The van der Waals surface area contributed by atoms with Crippen LogP contribution in [0.1, 0.15) is 35.2 Å². The summed E-state index contributed by atoms with van der Waals surface area (Å²) < 4.78 is 11.1. The van der Waals surface area contributed by atoms with E-state index in [2.05, 4.69) is 10.6 Å². The zero-order valence-electron chi connectivity index (χ0n) is 18.2. The molecule has 1 aliphatic heterocycles. The second-order valence-electron chi connectivity index (χ2n) is 7.75. The van der Waals surface area contributed by atoms with Gasteiger partial charge in [0.15, 0.2) is 11.5 Å². The lowest BCUT2D eigenvalue weighted by Crippen LogP contribution is -2.42. The highest BCUT2D eigenvalue weighted by Crippen LogP contribution is 2.32. The van der Waals surface area contributed by atoms with E-state index in [4.69, 9.17) is 9.47 Å². The first kappa shape index (κ1) is 21.5. The number of nitrogens with one attached hydrogen (secondary N) is 2. The van der Waals surface area contributed by atoms with Gasteiger partial charge >= 0.3 is 6.03 Å². The average molecular weight is 412 g/mol. The van der Waals surface area contributed by atoms with Crippen LogP contribution in [0.25, 0.3) is 0 Å². The number of fused-ring (bicyclic) bond motifs is 1. The maximum absolute atomic E-state index is 12.6. The van der Waals surface area contributed by atoms with E-state index in [9.17, 15) is 9.59 Å². The molecule has 7 nitrogen and oxygen atoms in total. The number of likely N-dealkylation sites (N-methyl/N-ethyl adjacent to an activating group) is 1. The van der Waals surface area contributed by atoms with Crippen LogP contribution in [0.15, 0.2) is 30.3 Å². The first-order valence-corrected chi connectivity index (χ1v) is 10.0. The number of ether oxygens (including phenoxy) is 2. The molecule has 0 saturated carbocycles. The second kappa shape index (κ2) is 9.07. The molecule has 160 valence electrons. The lowest BCUT2D eigenvalue weighted by atomic mass is 10.1. The molecule has 0 bridgehead atoms. The van der Waals surface area contributed by atoms with Crippen LogP contribution in [0.2, 0.25) is 0 Å². The molecule has 0 spiro atoms. The number of amides is 3. The van der Waals surface area contributed by atoms with Crippen molar-refractivity contribution >= 4 is 17.6 Å². The molecular weight excluding hydrogens is 382 g/mol. The Labute approximate surface area is 177 Å². The predicted octanol–water partition coefficient (Wildman–Crippen LogP) is 3.72. The number of hydrogen-bond acceptors (Lipinski definition) is 4. The molecule has 0 fully saturated rings. The molecule has 1 heterocycles. The third kappa shape index (κ3) is 5.03.